The first-order valence-electron chi connectivity index (χ1n) is 6.25. The van der Waals surface area contributed by atoms with Gasteiger partial charge in [-0.05, 0) is 32.9 Å². The fourth-order valence-corrected chi connectivity index (χ4v) is 2.12. The third-order valence-corrected chi connectivity index (χ3v) is 2.87. The Morgan fingerprint density at radius 1 is 1.21 bits per heavy atom. The van der Waals surface area contributed by atoms with E-state index in [0.29, 0.717) is 0 Å². The molecule has 1 amide bonds. The Morgan fingerprint density at radius 2 is 1.79 bits per heavy atom. The minimum atomic E-state index is -0.300. The molecule has 0 aliphatic rings. The highest BCUT2D eigenvalue weighted by Gasteiger charge is 2.17. The predicted molar refractivity (Wildman–Crippen MR) is 75.1 cm³/mol. The Hall–Kier alpha value is -2.04. The molecule has 1 heterocycles. The van der Waals surface area contributed by atoms with Gasteiger partial charge in [0.25, 0.3) is 0 Å². The van der Waals surface area contributed by atoms with E-state index in [1.807, 2.05) is 45.0 Å². The number of nitrogens with one attached hydrogen (secondary N) is 1. The number of fused-ring (bicyclic) bond motifs is 1. The number of hydrogen-bond donors (Lipinski definition) is 1. The molecule has 0 bridgehead atoms. The van der Waals surface area contributed by atoms with Crippen molar-refractivity contribution in [3.05, 3.63) is 34.7 Å². The van der Waals surface area contributed by atoms with E-state index in [1.54, 1.807) is 11.6 Å². The summed E-state index contributed by atoms with van der Waals surface area (Å²) in [6.45, 7) is 5.78. The van der Waals surface area contributed by atoms with Crippen LogP contribution < -0.4 is 11.0 Å². The third-order valence-electron chi connectivity index (χ3n) is 2.87. The van der Waals surface area contributed by atoms with Crippen molar-refractivity contribution in [2.75, 3.05) is 0 Å². The van der Waals surface area contributed by atoms with Gasteiger partial charge in [-0.15, -0.1) is 0 Å². The molecule has 0 unspecified atom stereocenters. The Morgan fingerprint density at radius 3 is 2.37 bits per heavy atom. The van der Waals surface area contributed by atoms with E-state index < -0.39 is 0 Å². The molecular weight excluding hydrogens is 242 g/mol. The van der Waals surface area contributed by atoms with Crippen LogP contribution in [0.2, 0.25) is 0 Å². The SMILES string of the molecule is Cn1c(=O)n(CC(=O)NC(C)(C)C)c2ccccc21. The first-order valence-corrected chi connectivity index (χ1v) is 6.25. The van der Waals surface area contributed by atoms with Gasteiger partial charge in [-0.1, -0.05) is 12.1 Å². The molecule has 0 fully saturated rings. The molecule has 0 saturated heterocycles. The molecular formula is C14H19N3O2. The lowest BCUT2D eigenvalue weighted by Crippen LogP contribution is -2.43. The van der Waals surface area contributed by atoms with Crippen LogP contribution in [0.3, 0.4) is 0 Å². The second-order valence-corrected chi connectivity index (χ2v) is 5.71. The van der Waals surface area contributed by atoms with E-state index >= 15 is 0 Å². The zero-order chi connectivity index (χ0) is 14.2. The molecule has 0 aliphatic carbocycles. The number of imidazole rings is 1. The molecule has 5 heteroatoms. The number of benzene rings is 1. The maximum absolute atomic E-state index is 12.1. The molecule has 2 aromatic rings. The number of aryl methyl sites for hydroxylation is 1. The van der Waals surface area contributed by atoms with E-state index in [9.17, 15) is 9.59 Å². The molecule has 0 radical (unpaired) electrons. The van der Waals surface area contributed by atoms with Crippen LogP contribution in [0.5, 0.6) is 0 Å². The van der Waals surface area contributed by atoms with Crippen molar-refractivity contribution in [1.82, 2.24) is 14.5 Å². The van der Waals surface area contributed by atoms with Crippen LogP contribution in [0.15, 0.2) is 29.1 Å². The van der Waals surface area contributed by atoms with Crippen molar-refractivity contribution < 1.29 is 4.79 Å². The number of carbonyl (C=O) groups excluding carboxylic acids is 1. The van der Waals surface area contributed by atoms with Crippen molar-refractivity contribution in [2.24, 2.45) is 7.05 Å². The predicted octanol–water partition coefficient (Wildman–Crippen LogP) is 1.25. The topological polar surface area (TPSA) is 56.0 Å². The van der Waals surface area contributed by atoms with Crippen molar-refractivity contribution in [1.29, 1.82) is 0 Å². The highest BCUT2D eigenvalue weighted by molar-refractivity contribution is 5.81. The number of amides is 1. The summed E-state index contributed by atoms with van der Waals surface area (Å²) in [7, 11) is 1.71. The highest BCUT2D eigenvalue weighted by atomic mass is 16.2. The summed E-state index contributed by atoms with van der Waals surface area (Å²) in [6, 6.07) is 7.46. The minimum absolute atomic E-state index is 0.0391. The lowest BCUT2D eigenvalue weighted by molar-refractivity contribution is -0.123. The van der Waals surface area contributed by atoms with Gasteiger partial charge in [0.1, 0.15) is 6.54 Å². The average molecular weight is 261 g/mol. The van der Waals surface area contributed by atoms with Gasteiger partial charge in [-0.25, -0.2) is 4.79 Å². The fourth-order valence-electron chi connectivity index (χ4n) is 2.12. The van der Waals surface area contributed by atoms with Crippen LogP contribution in [0.25, 0.3) is 11.0 Å². The number of nitrogens with zero attached hydrogens (tertiary/aromatic N) is 2. The maximum atomic E-state index is 12.1. The smallest absolute Gasteiger partial charge is 0.329 e. The van der Waals surface area contributed by atoms with E-state index in [-0.39, 0.29) is 23.7 Å². The molecule has 2 rings (SSSR count). The Balaban J connectivity index is 2.39. The van der Waals surface area contributed by atoms with Gasteiger partial charge in [0.05, 0.1) is 11.0 Å². The quantitative estimate of drug-likeness (QED) is 0.884. The molecule has 0 aliphatic heterocycles. The van der Waals surface area contributed by atoms with Crippen LogP contribution in [0, 0.1) is 0 Å². The van der Waals surface area contributed by atoms with Gasteiger partial charge in [-0.2, -0.15) is 0 Å². The van der Waals surface area contributed by atoms with E-state index in [1.165, 1.54) is 4.57 Å². The molecule has 1 N–H and O–H groups in total. The van der Waals surface area contributed by atoms with Crippen LogP contribution >= 0.6 is 0 Å². The molecule has 0 spiro atoms. The number of hydrogen-bond acceptors (Lipinski definition) is 2. The fraction of sp³-hybridized carbons (Fsp3) is 0.429. The first kappa shape index (κ1) is 13.4. The van der Waals surface area contributed by atoms with Crippen molar-refractivity contribution >= 4 is 16.9 Å². The van der Waals surface area contributed by atoms with E-state index in [2.05, 4.69) is 5.32 Å². The molecule has 19 heavy (non-hydrogen) atoms. The van der Waals surface area contributed by atoms with Gasteiger partial charge >= 0.3 is 5.69 Å². The highest BCUT2D eigenvalue weighted by Crippen LogP contribution is 2.11. The van der Waals surface area contributed by atoms with E-state index in [4.69, 9.17) is 0 Å². The number of rotatable bonds is 2. The third kappa shape index (κ3) is 2.70. The molecule has 0 atom stereocenters. The molecule has 5 nitrogen and oxygen atoms in total. The lowest BCUT2D eigenvalue weighted by Gasteiger charge is -2.20. The first-order chi connectivity index (χ1) is 8.79. The Labute approximate surface area is 111 Å². The van der Waals surface area contributed by atoms with Gasteiger partial charge < -0.3 is 5.32 Å². The minimum Gasteiger partial charge on any atom is -0.350 e. The summed E-state index contributed by atoms with van der Waals surface area (Å²) in [5.41, 5.74) is 1.13. The lowest BCUT2D eigenvalue weighted by atomic mass is 10.1. The van der Waals surface area contributed by atoms with Crippen LogP contribution in [0.1, 0.15) is 20.8 Å². The molecule has 102 valence electrons. The van der Waals surface area contributed by atoms with Crippen molar-refractivity contribution in [2.45, 2.75) is 32.9 Å². The van der Waals surface area contributed by atoms with Crippen molar-refractivity contribution in [3.63, 3.8) is 0 Å². The molecule has 0 saturated carbocycles. The second-order valence-electron chi connectivity index (χ2n) is 5.71. The normalized spacial score (nSPS) is 11.8. The summed E-state index contributed by atoms with van der Waals surface area (Å²) in [4.78, 5) is 24.1. The van der Waals surface area contributed by atoms with E-state index in [0.717, 1.165) is 11.0 Å². The standard InChI is InChI=1S/C14H19N3O2/c1-14(2,3)15-12(18)9-17-11-8-6-5-7-10(11)16(4)13(17)19/h5-8H,9H2,1-4H3,(H,15,18). The van der Waals surface area contributed by atoms with Crippen LogP contribution in [-0.4, -0.2) is 20.6 Å². The Bertz CT molecular complexity index is 674. The second kappa shape index (κ2) is 4.57. The van der Waals surface area contributed by atoms with Crippen molar-refractivity contribution in [3.8, 4) is 0 Å². The summed E-state index contributed by atoms with van der Waals surface area (Å²) >= 11 is 0. The summed E-state index contributed by atoms with van der Waals surface area (Å²) < 4.78 is 3.05. The number of para-hydroxylation sites is 2. The van der Waals surface area contributed by atoms with Gasteiger partial charge in [0.15, 0.2) is 0 Å². The Kier molecular flexibility index (Phi) is 3.22. The van der Waals surface area contributed by atoms with Gasteiger partial charge in [-0.3, -0.25) is 13.9 Å². The zero-order valence-electron chi connectivity index (χ0n) is 11.7. The number of aromatic nitrogens is 2. The van der Waals surface area contributed by atoms with Gasteiger partial charge in [0, 0.05) is 12.6 Å². The summed E-state index contributed by atoms with van der Waals surface area (Å²) in [5.74, 6) is -0.161. The maximum Gasteiger partial charge on any atom is 0.329 e. The summed E-state index contributed by atoms with van der Waals surface area (Å²) in [5, 5.41) is 2.86. The number of carbonyl (C=O) groups is 1. The summed E-state index contributed by atoms with van der Waals surface area (Å²) in [6.07, 6.45) is 0. The average Bonchev–Trinajstić information content (AvgIpc) is 2.53. The monoisotopic (exact) mass is 261 g/mol. The largest absolute Gasteiger partial charge is 0.350 e. The zero-order valence-corrected chi connectivity index (χ0v) is 11.7. The molecule has 1 aromatic carbocycles. The molecule has 1 aromatic heterocycles. The van der Waals surface area contributed by atoms with Crippen LogP contribution in [0.4, 0.5) is 0 Å². The van der Waals surface area contributed by atoms with Gasteiger partial charge in [0.2, 0.25) is 5.91 Å². The van der Waals surface area contributed by atoms with Crippen LogP contribution in [-0.2, 0) is 18.4 Å².